The van der Waals surface area contributed by atoms with E-state index in [0.717, 1.165) is 22.2 Å². The van der Waals surface area contributed by atoms with Crippen molar-refractivity contribution in [2.75, 3.05) is 12.4 Å². The third kappa shape index (κ3) is 2.67. The average Bonchev–Trinajstić information content (AvgIpc) is 3.25. The van der Waals surface area contributed by atoms with E-state index in [1.165, 1.54) is 23.1 Å². The number of fused-ring (bicyclic) bond motifs is 1. The van der Waals surface area contributed by atoms with Gasteiger partial charge < -0.3 is 10.1 Å². The first-order valence-corrected chi connectivity index (χ1v) is 8.68. The highest BCUT2D eigenvalue weighted by atomic mass is 32.1. The van der Waals surface area contributed by atoms with Crippen molar-refractivity contribution < 1.29 is 4.74 Å². The third-order valence-corrected chi connectivity index (χ3v) is 5.48. The summed E-state index contributed by atoms with van der Waals surface area (Å²) in [6.07, 6.45) is 2.55. The van der Waals surface area contributed by atoms with Crippen molar-refractivity contribution in [3.63, 3.8) is 0 Å². The van der Waals surface area contributed by atoms with Gasteiger partial charge in [-0.05, 0) is 43.4 Å². The molecule has 1 saturated carbocycles. The first-order chi connectivity index (χ1) is 11.2. The van der Waals surface area contributed by atoms with Gasteiger partial charge >= 0.3 is 0 Å². The van der Waals surface area contributed by atoms with Crippen LogP contribution in [-0.4, -0.2) is 21.9 Å². The van der Waals surface area contributed by atoms with E-state index < -0.39 is 0 Å². The second-order valence-corrected chi connectivity index (χ2v) is 7.11. The smallest absolute Gasteiger partial charge is 0.185 e. The van der Waals surface area contributed by atoms with Gasteiger partial charge in [-0.1, -0.05) is 23.5 Å². The summed E-state index contributed by atoms with van der Waals surface area (Å²) in [6, 6.07) is 8.66. The number of anilines is 1. The zero-order valence-corrected chi connectivity index (χ0v) is 14.4. The zero-order chi connectivity index (χ0) is 16.0. The van der Waals surface area contributed by atoms with Crippen LogP contribution in [0.2, 0.25) is 0 Å². The lowest BCUT2D eigenvalue weighted by atomic mass is 10.0. The molecule has 120 valence electrons. The number of aryl methyl sites for hydroxylation is 2. The predicted molar refractivity (Wildman–Crippen MR) is 93.2 cm³/mol. The molecule has 3 aromatic rings. The minimum absolute atomic E-state index is 0.315. The van der Waals surface area contributed by atoms with Crippen LogP contribution in [0.3, 0.4) is 0 Å². The second-order valence-electron chi connectivity index (χ2n) is 6.11. The number of hydrogen-bond donors (Lipinski definition) is 1. The minimum Gasteiger partial charge on any atom is -0.497 e. The summed E-state index contributed by atoms with van der Waals surface area (Å²) in [5.74, 6) is 1.58. The molecule has 1 aliphatic rings. The molecule has 1 aliphatic carbocycles. The topological polar surface area (TPSA) is 52.0 Å². The van der Waals surface area contributed by atoms with Crippen molar-refractivity contribution in [2.24, 2.45) is 13.0 Å². The molecule has 2 aromatic heterocycles. The van der Waals surface area contributed by atoms with E-state index in [1.807, 2.05) is 30.8 Å². The Balaban J connectivity index is 1.63. The normalized spacial score (nSPS) is 15.8. The molecular weight excluding hydrogens is 308 g/mol. The van der Waals surface area contributed by atoms with Crippen LogP contribution in [0.15, 0.2) is 24.3 Å². The van der Waals surface area contributed by atoms with Crippen LogP contribution < -0.4 is 10.1 Å². The minimum atomic E-state index is 0.315. The molecule has 1 aromatic carbocycles. The van der Waals surface area contributed by atoms with Crippen LogP contribution in [0.4, 0.5) is 5.13 Å². The lowest BCUT2D eigenvalue weighted by molar-refractivity contribution is 0.414. The fraction of sp³-hybridized carbons (Fsp3) is 0.412. The Labute approximate surface area is 139 Å². The molecule has 0 spiro atoms. The standard InChI is InChI=1S/C17H20N4OS/c1-10-15-16(21(2)20-10)19-17(23-15)18-14(11-4-5-11)12-6-8-13(22-3)9-7-12/h6-9,11,14H,4-5H2,1-3H3,(H,18,19)/t14-/m0/s1. The third-order valence-electron chi connectivity index (χ3n) is 4.39. The highest BCUT2D eigenvalue weighted by Gasteiger charge is 2.33. The maximum atomic E-state index is 5.26. The highest BCUT2D eigenvalue weighted by molar-refractivity contribution is 7.22. The molecule has 6 heteroatoms. The quantitative estimate of drug-likeness (QED) is 0.771. The van der Waals surface area contributed by atoms with Crippen LogP contribution in [0.5, 0.6) is 5.75 Å². The SMILES string of the molecule is COc1ccc([C@@H](Nc2nc3c(s2)c(C)nn3C)C2CC2)cc1. The van der Waals surface area contributed by atoms with Crippen LogP contribution >= 0.6 is 11.3 Å². The molecule has 1 fully saturated rings. The van der Waals surface area contributed by atoms with Crippen LogP contribution in [0.1, 0.15) is 30.1 Å². The van der Waals surface area contributed by atoms with Crippen molar-refractivity contribution in [1.29, 1.82) is 0 Å². The Morgan fingerprint density at radius 3 is 2.65 bits per heavy atom. The maximum Gasteiger partial charge on any atom is 0.185 e. The zero-order valence-electron chi connectivity index (χ0n) is 13.5. The van der Waals surface area contributed by atoms with E-state index in [9.17, 15) is 0 Å². The van der Waals surface area contributed by atoms with Gasteiger partial charge in [-0.2, -0.15) is 5.10 Å². The van der Waals surface area contributed by atoms with Gasteiger partial charge in [0, 0.05) is 7.05 Å². The van der Waals surface area contributed by atoms with Gasteiger partial charge in [0.25, 0.3) is 0 Å². The van der Waals surface area contributed by atoms with Gasteiger partial charge in [-0.15, -0.1) is 0 Å². The number of aromatic nitrogens is 3. The number of hydrogen-bond acceptors (Lipinski definition) is 5. The van der Waals surface area contributed by atoms with Crippen molar-refractivity contribution in [3.05, 3.63) is 35.5 Å². The summed E-state index contributed by atoms with van der Waals surface area (Å²) in [7, 11) is 3.64. The second kappa shape index (κ2) is 5.53. The van der Waals surface area contributed by atoms with Gasteiger partial charge in [0.05, 0.1) is 23.5 Å². The number of benzene rings is 1. The highest BCUT2D eigenvalue weighted by Crippen LogP contribution is 2.44. The Bertz CT molecular complexity index is 798. The van der Waals surface area contributed by atoms with E-state index in [4.69, 9.17) is 9.72 Å². The number of nitrogens with zero attached hydrogens (tertiary/aromatic N) is 3. The first kappa shape index (κ1) is 14.5. The molecule has 0 unspecified atom stereocenters. The number of methoxy groups -OCH3 is 1. The summed E-state index contributed by atoms with van der Waals surface area (Å²) in [5, 5.41) is 9.04. The average molecular weight is 328 g/mol. The summed E-state index contributed by atoms with van der Waals surface area (Å²) in [6.45, 7) is 2.03. The molecule has 2 heterocycles. The molecule has 1 N–H and O–H groups in total. The van der Waals surface area contributed by atoms with Gasteiger partial charge in [0.1, 0.15) is 5.75 Å². The maximum absolute atomic E-state index is 5.26. The Hall–Kier alpha value is -2.08. The summed E-state index contributed by atoms with van der Waals surface area (Å²) >= 11 is 1.69. The van der Waals surface area contributed by atoms with Crippen molar-refractivity contribution in [1.82, 2.24) is 14.8 Å². The Morgan fingerprint density at radius 2 is 2.04 bits per heavy atom. The van der Waals surface area contributed by atoms with Gasteiger partial charge in [0.2, 0.25) is 0 Å². The Morgan fingerprint density at radius 1 is 1.30 bits per heavy atom. The lowest BCUT2D eigenvalue weighted by Crippen LogP contribution is -2.12. The summed E-state index contributed by atoms with van der Waals surface area (Å²) in [5.41, 5.74) is 3.29. The Kier molecular flexibility index (Phi) is 3.49. The molecule has 23 heavy (non-hydrogen) atoms. The molecule has 1 atom stereocenters. The van der Waals surface area contributed by atoms with E-state index in [2.05, 4.69) is 22.5 Å². The number of nitrogens with one attached hydrogen (secondary N) is 1. The van der Waals surface area contributed by atoms with E-state index in [-0.39, 0.29) is 0 Å². The van der Waals surface area contributed by atoms with E-state index in [1.54, 1.807) is 18.4 Å². The van der Waals surface area contributed by atoms with E-state index >= 15 is 0 Å². The first-order valence-electron chi connectivity index (χ1n) is 7.86. The number of rotatable bonds is 5. The molecule has 0 saturated heterocycles. The number of ether oxygens (including phenoxy) is 1. The molecular formula is C17H20N4OS. The molecule has 0 bridgehead atoms. The summed E-state index contributed by atoms with van der Waals surface area (Å²) < 4.78 is 8.28. The number of thiazole rings is 1. The largest absolute Gasteiger partial charge is 0.497 e. The van der Waals surface area contributed by atoms with Crippen molar-refractivity contribution in [2.45, 2.75) is 25.8 Å². The monoisotopic (exact) mass is 328 g/mol. The van der Waals surface area contributed by atoms with Crippen molar-refractivity contribution >= 4 is 26.8 Å². The fourth-order valence-electron chi connectivity index (χ4n) is 2.99. The van der Waals surface area contributed by atoms with Crippen LogP contribution in [0, 0.1) is 12.8 Å². The predicted octanol–water partition coefficient (Wildman–Crippen LogP) is 3.91. The van der Waals surface area contributed by atoms with Gasteiger partial charge in [-0.3, -0.25) is 0 Å². The lowest BCUT2D eigenvalue weighted by Gasteiger charge is -2.18. The molecule has 0 aliphatic heterocycles. The fourth-order valence-corrected chi connectivity index (χ4v) is 3.96. The summed E-state index contributed by atoms with van der Waals surface area (Å²) in [4.78, 5) is 4.73. The molecule has 0 radical (unpaired) electrons. The molecule has 0 amide bonds. The van der Waals surface area contributed by atoms with Gasteiger partial charge in [-0.25, -0.2) is 9.67 Å². The van der Waals surface area contributed by atoms with Crippen LogP contribution in [-0.2, 0) is 7.05 Å². The van der Waals surface area contributed by atoms with Crippen LogP contribution in [0.25, 0.3) is 10.3 Å². The molecule has 5 nitrogen and oxygen atoms in total. The van der Waals surface area contributed by atoms with E-state index in [0.29, 0.717) is 12.0 Å². The van der Waals surface area contributed by atoms with Gasteiger partial charge in [0.15, 0.2) is 10.8 Å². The van der Waals surface area contributed by atoms with Crippen molar-refractivity contribution in [3.8, 4) is 5.75 Å². The molecule has 4 rings (SSSR count).